The molecular weight excluding hydrogens is 327 g/mol. The number of hydrogen-bond acceptors (Lipinski definition) is 6. The van der Waals surface area contributed by atoms with E-state index >= 15 is 0 Å². The van der Waals surface area contributed by atoms with Gasteiger partial charge in [-0.25, -0.2) is 9.18 Å². The summed E-state index contributed by atoms with van der Waals surface area (Å²) in [5.74, 6) is -1.39. The molecule has 0 amide bonds. The zero-order chi connectivity index (χ0) is 18.0. The Kier molecular flexibility index (Phi) is 4.34. The summed E-state index contributed by atoms with van der Waals surface area (Å²) >= 11 is 0. The largest absolute Gasteiger partial charge is 0.478 e. The first kappa shape index (κ1) is 16.4. The molecule has 3 rings (SSSR count). The molecule has 25 heavy (non-hydrogen) atoms. The molecule has 3 N–H and O–H groups in total. The van der Waals surface area contributed by atoms with Crippen molar-refractivity contribution in [1.82, 2.24) is 10.1 Å². The number of nitrogens with one attached hydrogen (secondary N) is 2. The lowest BCUT2D eigenvalue weighted by atomic mass is 10.1. The van der Waals surface area contributed by atoms with Crippen LogP contribution in [0.5, 0.6) is 0 Å². The Hall–Kier alpha value is -3.42. The summed E-state index contributed by atoms with van der Waals surface area (Å²) in [7, 11) is 3.36. The number of anilines is 2. The maximum atomic E-state index is 14.2. The molecule has 0 saturated heterocycles. The van der Waals surface area contributed by atoms with Crippen LogP contribution < -0.4 is 10.6 Å². The van der Waals surface area contributed by atoms with Gasteiger partial charge in [0.05, 0.1) is 11.1 Å². The summed E-state index contributed by atoms with van der Waals surface area (Å²) in [6, 6.07) is 9.14. The first-order valence-corrected chi connectivity index (χ1v) is 7.39. The van der Waals surface area contributed by atoms with E-state index in [-0.39, 0.29) is 22.8 Å². The molecule has 0 bridgehead atoms. The molecular formula is C17H15FN4O3. The van der Waals surface area contributed by atoms with Crippen molar-refractivity contribution in [3.8, 4) is 22.8 Å². The monoisotopic (exact) mass is 342 g/mol. The second-order valence-corrected chi connectivity index (χ2v) is 5.22. The number of aromatic carboxylic acids is 1. The highest BCUT2D eigenvalue weighted by Crippen LogP contribution is 2.28. The van der Waals surface area contributed by atoms with Gasteiger partial charge in [0, 0.05) is 31.0 Å². The number of nitrogens with zero attached hydrogens (tertiary/aromatic N) is 2. The zero-order valence-corrected chi connectivity index (χ0v) is 13.5. The Morgan fingerprint density at radius 1 is 1.12 bits per heavy atom. The number of benzene rings is 2. The van der Waals surface area contributed by atoms with Crippen molar-refractivity contribution in [3.63, 3.8) is 0 Å². The van der Waals surface area contributed by atoms with Gasteiger partial charge in [0.1, 0.15) is 5.82 Å². The van der Waals surface area contributed by atoms with Crippen LogP contribution in [0.3, 0.4) is 0 Å². The fourth-order valence-corrected chi connectivity index (χ4v) is 2.32. The quantitative estimate of drug-likeness (QED) is 0.654. The van der Waals surface area contributed by atoms with Crippen molar-refractivity contribution >= 4 is 17.3 Å². The van der Waals surface area contributed by atoms with Crippen LogP contribution in [-0.4, -0.2) is 35.3 Å². The predicted octanol–water partition coefficient (Wildman–Crippen LogP) is 3.32. The molecule has 0 unspecified atom stereocenters. The van der Waals surface area contributed by atoms with Crippen LogP contribution >= 0.6 is 0 Å². The molecule has 128 valence electrons. The van der Waals surface area contributed by atoms with E-state index in [9.17, 15) is 14.3 Å². The highest BCUT2D eigenvalue weighted by molar-refractivity contribution is 5.90. The topological polar surface area (TPSA) is 100 Å². The molecule has 3 aromatic rings. The molecule has 0 radical (unpaired) electrons. The van der Waals surface area contributed by atoms with Gasteiger partial charge >= 0.3 is 5.97 Å². The number of rotatable bonds is 5. The lowest BCUT2D eigenvalue weighted by Crippen LogP contribution is -1.99. The maximum absolute atomic E-state index is 14.2. The lowest BCUT2D eigenvalue weighted by molar-refractivity contribution is 0.0697. The van der Waals surface area contributed by atoms with Crippen LogP contribution in [0.4, 0.5) is 15.8 Å². The first-order chi connectivity index (χ1) is 12.0. The molecule has 0 aliphatic rings. The Morgan fingerprint density at radius 3 is 2.52 bits per heavy atom. The highest BCUT2D eigenvalue weighted by atomic mass is 19.1. The number of aromatic nitrogens is 2. The maximum Gasteiger partial charge on any atom is 0.335 e. The lowest BCUT2D eigenvalue weighted by Gasteiger charge is -2.04. The van der Waals surface area contributed by atoms with E-state index in [4.69, 9.17) is 4.52 Å². The normalized spacial score (nSPS) is 10.5. The van der Waals surface area contributed by atoms with Crippen molar-refractivity contribution in [2.75, 3.05) is 24.7 Å². The highest BCUT2D eigenvalue weighted by Gasteiger charge is 2.16. The summed E-state index contributed by atoms with van der Waals surface area (Å²) in [5, 5.41) is 18.7. The van der Waals surface area contributed by atoms with Gasteiger partial charge in [-0.1, -0.05) is 5.16 Å². The van der Waals surface area contributed by atoms with Gasteiger partial charge < -0.3 is 20.3 Å². The number of halogens is 1. The van der Waals surface area contributed by atoms with Crippen LogP contribution in [0.2, 0.25) is 0 Å². The average molecular weight is 342 g/mol. The van der Waals surface area contributed by atoms with E-state index in [0.29, 0.717) is 16.9 Å². The number of hydrogen-bond donors (Lipinski definition) is 3. The second-order valence-electron chi connectivity index (χ2n) is 5.22. The van der Waals surface area contributed by atoms with Crippen LogP contribution in [0, 0.1) is 5.82 Å². The smallest absolute Gasteiger partial charge is 0.335 e. The molecule has 0 saturated carbocycles. The molecule has 0 aliphatic carbocycles. The zero-order valence-electron chi connectivity index (χ0n) is 13.5. The van der Waals surface area contributed by atoms with Crippen LogP contribution in [0.1, 0.15) is 10.4 Å². The van der Waals surface area contributed by atoms with Gasteiger partial charge in [-0.2, -0.15) is 4.98 Å². The summed E-state index contributed by atoms with van der Waals surface area (Å²) in [6.07, 6.45) is 0. The number of carboxylic acid groups (broad SMARTS) is 1. The fourth-order valence-electron chi connectivity index (χ4n) is 2.32. The minimum absolute atomic E-state index is 0.0156. The third kappa shape index (κ3) is 3.27. The molecule has 1 aromatic heterocycles. The molecule has 0 spiro atoms. The first-order valence-electron chi connectivity index (χ1n) is 7.39. The summed E-state index contributed by atoms with van der Waals surface area (Å²) < 4.78 is 19.3. The van der Waals surface area contributed by atoms with Crippen molar-refractivity contribution < 1.29 is 18.8 Å². The third-order valence-corrected chi connectivity index (χ3v) is 3.64. The van der Waals surface area contributed by atoms with E-state index < -0.39 is 11.8 Å². The third-order valence-electron chi connectivity index (χ3n) is 3.64. The average Bonchev–Trinajstić information content (AvgIpc) is 3.10. The molecule has 0 fully saturated rings. The van der Waals surface area contributed by atoms with Crippen LogP contribution in [0.15, 0.2) is 40.9 Å². The van der Waals surface area contributed by atoms with E-state index in [0.717, 1.165) is 0 Å². The van der Waals surface area contributed by atoms with Gasteiger partial charge in [-0.15, -0.1) is 0 Å². The van der Waals surface area contributed by atoms with Crippen LogP contribution in [-0.2, 0) is 0 Å². The van der Waals surface area contributed by atoms with Gasteiger partial charge in [0.15, 0.2) is 0 Å². The molecule has 0 atom stereocenters. The van der Waals surface area contributed by atoms with Crippen molar-refractivity contribution in [2.24, 2.45) is 0 Å². The van der Waals surface area contributed by atoms with Gasteiger partial charge in [0.25, 0.3) is 5.89 Å². The SMILES string of the molecule is CNc1cc(C(=O)O)cc(-c2noc(-c3ccc(NC)cc3F)n2)c1. The molecule has 2 aromatic carbocycles. The Morgan fingerprint density at radius 2 is 1.88 bits per heavy atom. The minimum atomic E-state index is -1.07. The van der Waals surface area contributed by atoms with Crippen molar-refractivity contribution in [2.45, 2.75) is 0 Å². The molecule has 7 nitrogen and oxygen atoms in total. The molecule has 0 aliphatic heterocycles. The fraction of sp³-hybridized carbons (Fsp3) is 0.118. The van der Waals surface area contributed by atoms with Crippen molar-refractivity contribution in [3.05, 3.63) is 47.8 Å². The Bertz CT molecular complexity index is 939. The Balaban J connectivity index is 2.02. The summed E-state index contributed by atoms with van der Waals surface area (Å²) in [5.41, 5.74) is 1.91. The van der Waals surface area contributed by atoms with Gasteiger partial charge in [-0.3, -0.25) is 0 Å². The van der Waals surface area contributed by atoms with Gasteiger partial charge in [-0.05, 0) is 36.4 Å². The number of carbonyl (C=O) groups is 1. The van der Waals surface area contributed by atoms with E-state index in [1.807, 2.05) is 0 Å². The van der Waals surface area contributed by atoms with Gasteiger partial charge in [0.2, 0.25) is 5.82 Å². The van der Waals surface area contributed by atoms with E-state index in [1.54, 1.807) is 26.2 Å². The van der Waals surface area contributed by atoms with E-state index in [2.05, 4.69) is 20.8 Å². The molecule has 1 heterocycles. The second kappa shape index (κ2) is 6.60. The minimum Gasteiger partial charge on any atom is -0.478 e. The van der Waals surface area contributed by atoms with Crippen LogP contribution in [0.25, 0.3) is 22.8 Å². The molecule has 8 heteroatoms. The Labute approximate surface area is 142 Å². The summed E-state index contributed by atoms with van der Waals surface area (Å²) in [4.78, 5) is 15.4. The summed E-state index contributed by atoms with van der Waals surface area (Å²) in [6.45, 7) is 0. The van der Waals surface area contributed by atoms with E-state index in [1.165, 1.54) is 24.3 Å². The predicted molar refractivity (Wildman–Crippen MR) is 91.2 cm³/mol. The number of carboxylic acids is 1. The standard InChI is InChI=1S/C17H15FN4O3/c1-19-11-3-4-13(14(18)8-11)16-21-15(22-25-16)9-5-10(17(23)24)7-12(6-9)20-2/h3-8,19-20H,1-2H3,(H,23,24). The van der Waals surface area contributed by atoms with Crippen molar-refractivity contribution in [1.29, 1.82) is 0 Å².